The van der Waals surface area contributed by atoms with Crippen molar-refractivity contribution in [1.29, 1.82) is 0 Å². The molecule has 0 N–H and O–H groups in total. The van der Waals surface area contributed by atoms with Gasteiger partial charge in [0.05, 0.1) is 17.1 Å². The monoisotopic (exact) mass is 268 g/mol. The first-order valence-electron chi connectivity index (χ1n) is 7.70. The quantitative estimate of drug-likeness (QED) is 0.765. The van der Waals surface area contributed by atoms with Crippen molar-refractivity contribution in [2.75, 3.05) is 13.7 Å². The summed E-state index contributed by atoms with van der Waals surface area (Å²) in [7, 11) is 1.74. The van der Waals surface area contributed by atoms with Gasteiger partial charge < -0.3 is 9.47 Å². The van der Waals surface area contributed by atoms with Gasteiger partial charge in [-0.05, 0) is 33.1 Å². The lowest BCUT2D eigenvalue weighted by atomic mass is 9.60. The minimum absolute atomic E-state index is 0.117. The third kappa shape index (κ3) is 3.19. The largest absolute Gasteiger partial charge is 0.379 e. The zero-order valence-corrected chi connectivity index (χ0v) is 12.7. The van der Waals surface area contributed by atoms with Crippen LogP contribution in [0.2, 0.25) is 0 Å². The number of methoxy groups -OCH3 is 1. The normalized spacial score (nSPS) is 27.1. The number of rotatable bonds is 5. The van der Waals surface area contributed by atoms with E-state index in [9.17, 15) is 4.79 Å². The van der Waals surface area contributed by atoms with Crippen LogP contribution in [0.1, 0.15) is 65.2 Å². The SMILES string of the molecule is COC(C)(C)CCOC1CC(=O)C12CCCCCC2. The van der Waals surface area contributed by atoms with Crippen LogP contribution in [0.5, 0.6) is 0 Å². The van der Waals surface area contributed by atoms with Crippen molar-refractivity contribution < 1.29 is 14.3 Å². The summed E-state index contributed by atoms with van der Waals surface area (Å²) in [5.41, 5.74) is -0.252. The van der Waals surface area contributed by atoms with Crippen LogP contribution in [0, 0.1) is 5.41 Å². The fourth-order valence-corrected chi connectivity index (χ4v) is 3.34. The van der Waals surface area contributed by atoms with Gasteiger partial charge in [-0.25, -0.2) is 0 Å². The van der Waals surface area contributed by atoms with Gasteiger partial charge in [-0.3, -0.25) is 4.79 Å². The van der Waals surface area contributed by atoms with Crippen LogP contribution in [-0.2, 0) is 14.3 Å². The first-order chi connectivity index (χ1) is 9.00. The molecule has 0 heterocycles. The van der Waals surface area contributed by atoms with Gasteiger partial charge in [-0.1, -0.05) is 25.7 Å². The summed E-state index contributed by atoms with van der Waals surface area (Å²) in [5.74, 6) is 0.449. The molecule has 0 aromatic carbocycles. The predicted molar refractivity (Wildman–Crippen MR) is 75.2 cm³/mol. The molecule has 0 amide bonds. The lowest BCUT2D eigenvalue weighted by molar-refractivity contribution is -0.168. The molecule has 19 heavy (non-hydrogen) atoms. The van der Waals surface area contributed by atoms with E-state index in [1.165, 1.54) is 25.7 Å². The van der Waals surface area contributed by atoms with Crippen molar-refractivity contribution in [3.63, 3.8) is 0 Å². The molecule has 1 atom stereocenters. The van der Waals surface area contributed by atoms with E-state index in [1.54, 1.807) is 7.11 Å². The first-order valence-corrected chi connectivity index (χ1v) is 7.70. The van der Waals surface area contributed by atoms with E-state index in [4.69, 9.17) is 9.47 Å². The predicted octanol–water partition coefficient (Wildman–Crippen LogP) is 3.50. The second kappa shape index (κ2) is 5.92. The van der Waals surface area contributed by atoms with Crippen molar-refractivity contribution >= 4 is 5.78 Å². The minimum atomic E-state index is -0.135. The highest BCUT2D eigenvalue weighted by atomic mass is 16.5. The highest BCUT2D eigenvalue weighted by molar-refractivity contribution is 5.92. The third-order valence-electron chi connectivity index (χ3n) is 5.11. The Labute approximate surface area is 117 Å². The summed E-state index contributed by atoms with van der Waals surface area (Å²) in [6, 6.07) is 0. The maximum atomic E-state index is 12.1. The molecular formula is C16H28O3. The average Bonchev–Trinajstić information content (AvgIpc) is 2.65. The molecule has 0 radical (unpaired) electrons. The molecule has 3 heteroatoms. The van der Waals surface area contributed by atoms with Crippen molar-refractivity contribution in [3.8, 4) is 0 Å². The van der Waals surface area contributed by atoms with Crippen LogP contribution in [0.4, 0.5) is 0 Å². The molecule has 0 aliphatic heterocycles. The molecule has 2 saturated carbocycles. The van der Waals surface area contributed by atoms with E-state index >= 15 is 0 Å². The molecule has 2 fully saturated rings. The molecule has 1 spiro atoms. The molecular weight excluding hydrogens is 240 g/mol. The van der Waals surface area contributed by atoms with Gasteiger partial charge in [-0.2, -0.15) is 0 Å². The van der Waals surface area contributed by atoms with Gasteiger partial charge >= 0.3 is 0 Å². The van der Waals surface area contributed by atoms with Crippen molar-refractivity contribution in [1.82, 2.24) is 0 Å². The van der Waals surface area contributed by atoms with Gasteiger partial charge in [0.25, 0.3) is 0 Å². The average molecular weight is 268 g/mol. The van der Waals surface area contributed by atoms with Gasteiger partial charge in [0.1, 0.15) is 5.78 Å². The molecule has 2 aliphatic rings. The van der Waals surface area contributed by atoms with E-state index < -0.39 is 0 Å². The Morgan fingerprint density at radius 2 is 1.84 bits per heavy atom. The fraction of sp³-hybridized carbons (Fsp3) is 0.938. The van der Waals surface area contributed by atoms with Crippen LogP contribution in [0.25, 0.3) is 0 Å². The molecule has 1 unspecified atom stereocenters. The van der Waals surface area contributed by atoms with Gasteiger partial charge in [0.15, 0.2) is 0 Å². The van der Waals surface area contributed by atoms with E-state index in [-0.39, 0.29) is 17.1 Å². The minimum Gasteiger partial charge on any atom is -0.379 e. The Balaban J connectivity index is 1.85. The van der Waals surface area contributed by atoms with Gasteiger partial charge in [0.2, 0.25) is 0 Å². The van der Waals surface area contributed by atoms with E-state index in [1.807, 2.05) is 0 Å². The lowest BCUT2D eigenvalue weighted by Gasteiger charge is -2.47. The van der Waals surface area contributed by atoms with Crippen LogP contribution in [0.3, 0.4) is 0 Å². The molecule has 0 aromatic heterocycles. The van der Waals surface area contributed by atoms with Crippen LogP contribution >= 0.6 is 0 Å². The Kier molecular flexibility index (Phi) is 4.67. The van der Waals surface area contributed by atoms with E-state index in [0.29, 0.717) is 18.8 Å². The fourth-order valence-electron chi connectivity index (χ4n) is 3.34. The number of hydrogen-bond acceptors (Lipinski definition) is 3. The summed E-state index contributed by atoms with van der Waals surface area (Å²) in [5, 5.41) is 0. The third-order valence-corrected chi connectivity index (χ3v) is 5.11. The lowest BCUT2D eigenvalue weighted by Crippen LogP contribution is -2.55. The van der Waals surface area contributed by atoms with Crippen LogP contribution in [0.15, 0.2) is 0 Å². The van der Waals surface area contributed by atoms with Crippen molar-refractivity contribution in [3.05, 3.63) is 0 Å². The Morgan fingerprint density at radius 1 is 1.21 bits per heavy atom. The van der Waals surface area contributed by atoms with Gasteiger partial charge in [-0.15, -0.1) is 0 Å². The smallest absolute Gasteiger partial charge is 0.144 e. The van der Waals surface area contributed by atoms with E-state index in [0.717, 1.165) is 19.3 Å². The molecule has 0 aromatic rings. The summed E-state index contributed by atoms with van der Waals surface area (Å²) in [6.45, 7) is 4.84. The summed E-state index contributed by atoms with van der Waals surface area (Å²) in [6.07, 6.45) is 8.71. The number of ketones is 1. The Bertz CT molecular complexity index is 314. The molecule has 110 valence electrons. The first kappa shape index (κ1) is 15.0. The highest BCUT2D eigenvalue weighted by Gasteiger charge is 2.54. The Morgan fingerprint density at radius 3 is 2.37 bits per heavy atom. The number of carbonyl (C=O) groups excluding carboxylic acids is 1. The molecule has 2 rings (SSSR count). The molecule has 0 saturated heterocycles. The van der Waals surface area contributed by atoms with Gasteiger partial charge in [0, 0.05) is 20.1 Å². The topological polar surface area (TPSA) is 35.5 Å². The second-order valence-electron chi connectivity index (χ2n) is 6.77. The summed E-state index contributed by atoms with van der Waals surface area (Å²) >= 11 is 0. The summed E-state index contributed by atoms with van der Waals surface area (Å²) < 4.78 is 11.4. The number of Topliss-reactive ketones (excluding diaryl/α,β-unsaturated/α-hetero) is 1. The van der Waals surface area contributed by atoms with Crippen molar-refractivity contribution in [2.24, 2.45) is 5.41 Å². The zero-order valence-electron chi connectivity index (χ0n) is 12.7. The molecule has 2 aliphatic carbocycles. The highest BCUT2D eigenvalue weighted by Crippen LogP contribution is 2.49. The van der Waals surface area contributed by atoms with E-state index in [2.05, 4.69) is 13.8 Å². The molecule has 0 bridgehead atoms. The Hall–Kier alpha value is -0.410. The molecule has 3 nitrogen and oxygen atoms in total. The zero-order chi connectivity index (χ0) is 13.9. The number of hydrogen-bond donors (Lipinski definition) is 0. The second-order valence-corrected chi connectivity index (χ2v) is 6.77. The van der Waals surface area contributed by atoms with Crippen LogP contribution < -0.4 is 0 Å². The number of carbonyl (C=O) groups is 1. The van der Waals surface area contributed by atoms with Crippen molar-refractivity contribution in [2.45, 2.75) is 76.9 Å². The number of ether oxygens (including phenoxy) is 2. The van der Waals surface area contributed by atoms with Crippen LogP contribution in [-0.4, -0.2) is 31.2 Å². The summed E-state index contributed by atoms with van der Waals surface area (Å²) in [4.78, 5) is 12.1. The standard InChI is InChI=1S/C16H28O3/c1-15(2,18-3)10-11-19-14-12-13(17)16(14)8-6-4-5-7-9-16/h14H,4-12H2,1-3H3. The maximum absolute atomic E-state index is 12.1. The maximum Gasteiger partial charge on any atom is 0.144 e.